The summed E-state index contributed by atoms with van der Waals surface area (Å²) in [6, 6.07) is 0. The summed E-state index contributed by atoms with van der Waals surface area (Å²) in [5, 5.41) is 3.46. The summed E-state index contributed by atoms with van der Waals surface area (Å²) in [6.45, 7) is 4.69. The van der Waals surface area contributed by atoms with Crippen molar-refractivity contribution in [3.05, 3.63) is 11.4 Å². The van der Waals surface area contributed by atoms with Gasteiger partial charge >= 0.3 is 0 Å². The highest BCUT2D eigenvalue weighted by Gasteiger charge is 2.28. The first-order valence-corrected chi connectivity index (χ1v) is 7.19. The van der Waals surface area contributed by atoms with Crippen LogP contribution >= 0.6 is 0 Å². The van der Waals surface area contributed by atoms with E-state index in [0.29, 0.717) is 17.7 Å². The lowest BCUT2D eigenvalue weighted by Crippen LogP contribution is -2.23. The molecule has 2 fully saturated rings. The van der Waals surface area contributed by atoms with E-state index in [9.17, 15) is 0 Å². The topological polar surface area (TPSA) is 73.1 Å². The number of nitrogens with two attached hydrogens (primary N) is 1. The number of anilines is 2. The number of hydrogen-bond acceptors (Lipinski definition) is 5. The van der Waals surface area contributed by atoms with Gasteiger partial charge in [-0.05, 0) is 38.5 Å². The molecule has 0 aromatic carbocycles. The standard InChI is InChI=1S/C14H22N4O/c1-9-12(15)17-14(11-2-3-11)18-13(9)16-8-10-4-6-19-7-5-10/h10-11H,2-8H2,1H3,(H3,15,16,17,18). The van der Waals surface area contributed by atoms with Gasteiger partial charge in [0, 0.05) is 31.2 Å². The third-order valence-corrected chi connectivity index (χ3v) is 4.04. The molecule has 5 nitrogen and oxygen atoms in total. The average Bonchev–Trinajstić information content (AvgIpc) is 3.26. The zero-order valence-corrected chi connectivity index (χ0v) is 11.5. The van der Waals surface area contributed by atoms with Crippen molar-refractivity contribution >= 4 is 11.6 Å². The number of nitrogens with zero attached hydrogens (tertiary/aromatic N) is 2. The minimum Gasteiger partial charge on any atom is -0.383 e. The second kappa shape index (κ2) is 5.33. The van der Waals surface area contributed by atoms with Crippen LogP contribution in [0.5, 0.6) is 0 Å². The number of hydrogen-bond donors (Lipinski definition) is 2. The van der Waals surface area contributed by atoms with Gasteiger partial charge in [0.25, 0.3) is 0 Å². The van der Waals surface area contributed by atoms with Crippen LogP contribution in [0, 0.1) is 12.8 Å². The molecule has 2 aliphatic rings. The Morgan fingerprint density at radius 3 is 2.63 bits per heavy atom. The predicted molar refractivity (Wildman–Crippen MR) is 75.2 cm³/mol. The van der Waals surface area contributed by atoms with Crippen molar-refractivity contribution in [3.63, 3.8) is 0 Å². The molecule has 19 heavy (non-hydrogen) atoms. The van der Waals surface area contributed by atoms with Crippen LogP contribution in [0.25, 0.3) is 0 Å². The molecular formula is C14H22N4O. The molecule has 1 aromatic rings. The second-order valence-electron chi connectivity index (χ2n) is 5.65. The van der Waals surface area contributed by atoms with Crippen LogP contribution in [0.15, 0.2) is 0 Å². The molecule has 1 saturated carbocycles. The van der Waals surface area contributed by atoms with E-state index in [-0.39, 0.29) is 0 Å². The van der Waals surface area contributed by atoms with Gasteiger partial charge in [0.15, 0.2) is 0 Å². The Kier molecular flexibility index (Phi) is 3.55. The Balaban J connectivity index is 1.68. The van der Waals surface area contributed by atoms with Gasteiger partial charge in [-0.25, -0.2) is 9.97 Å². The van der Waals surface area contributed by atoms with Crippen molar-refractivity contribution < 1.29 is 4.74 Å². The van der Waals surface area contributed by atoms with Gasteiger partial charge in [-0.1, -0.05) is 0 Å². The summed E-state index contributed by atoms with van der Waals surface area (Å²) in [5.41, 5.74) is 6.95. The molecule has 1 saturated heterocycles. The van der Waals surface area contributed by atoms with Crippen molar-refractivity contribution in [1.82, 2.24) is 9.97 Å². The third kappa shape index (κ3) is 2.97. The summed E-state index contributed by atoms with van der Waals surface area (Å²) >= 11 is 0. The fourth-order valence-electron chi connectivity index (χ4n) is 2.44. The highest BCUT2D eigenvalue weighted by atomic mass is 16.5. The summed E-state index contributed by atoms with van der Waals surface area (Å²) in [6.07, 6.45) is 4.65. The normalized spacial score (nSPS) is 20.5. The summed E-state index contributed by atoms with van der Waals surface area (Å²) in [7, 11) is 0. The first kappa shape index (κ1) is 12.7. The molecule has 0 unspecified atom stereocenters. The maximum Gasteiger partial charge on any atom is 0.136 e. The summed E-state index contributed by atoms with van der Waals surface area (Å²) < 4.78 is 5.38. The fourth-order valence-corrected chi connectivity index (χ4v) is 2.44. The Bertz CT molecular complexity index is 453. The first-order valence-electron chi connectivity index (χ1n) is 7.19. The largest absolute Gasteiger partial charge is 0.383 e. The van der Waals surface area contributed by atoms with E-state index < -0.39 is 0 Å². The van der Waals surface area contributed by atoms with Crippen LogP contribution in [-0.4, -0.2) is 29.7 Å². The molecule has 0 radical (unpaired) electrons. The van der Waals surface area contributed by atoms with Gasteiger partial charge in [0.2, 0.25) is 0 Å². The van der Waals surface area contributed by atoms with E-state index in [0.717, 1.165) is 49.8 Å². The van der Waals surface area contributed by atoms with E-state index in [1.54, 1.807) is 0 Å². The zero-order valence-electron chi connectivity index (χ0n) is 11.5. The summed E-state index contributed by atoms with van der Waals surface area (Å²) in [5.74, 6) is 3.66. The Labute approximate surface area is 114 Å². The third-order valence-electron chi connectivity index (χ3n) is 4.04. The predicted octanol–water partition coefficient (Wildman–Crippen LogP) is 2.08. The van der Waals surface area contributed by atoms with Crippen molar-refractivity contribution in [2.75, 3.05) is 30.8 Å². The van der Waals surface area contributed by atoms with Crippen LogP contribution < -0.4 is 11.1 Å². The minimum absolute atomic E-state index is 0.534. The highest BCUT2D eigenvalue weighted by molar-refractivity contribution is 5.55. The zero-order chi connectivity index (χ0) is 13.2. The van der Waals surface area contributed by atoms with Crippen LogP contribution in [0.4, 0.5) is 11.6 Å². The second-order valence-corrected chi connectivity index (χ2v) is 5.65. The molecule has 0 spiro atoms. The molecule has 0 amide bonds. The lowest BCUT2D eigenvalue weighted by atomic mass is 10.0. The van der Waals surface area contributed by atoms with E-state index in [4.69, 9.17) is 10.5 Å². The monoisotopic (exact) mass is 262 g/mol. The number of rotatable bonds is 4. The van der Waals surface area contributed by atoms with E-state index >= 15 is 0 Å². The molecule has 3 rings (SSSR count). The Morgan fingerprint density at radius 1 is 1.21 bits per heavy atom. The molecule has 1 aliphatic carbocycles. The van der Waals surface area contributed by atoms with E-state index in [1.165, 1.54) is 12.8 Å². The molecule has 5 heteroatoms. The van der Waals surface area contributed by atoms with Gasteiger partial charge in [-0.2, -0.15) is 0 Å². The van der Waals surface area contributed by atoms with Crippen molar-refractivity contribution in [1.29, 1.82) is 0 Å². The van der Waals surface area contributed by atoms with Crippen LogP contribution in [0.3, 0.4) is 0 Å². The smallest absolute Gasteiger partial charge is 0.136 e. The Morgan fingerprint density at radius 2 is 1.95 bits per heavy atom. The van der Waals surface area contributed by atoms with Gasteiger partial charge < -0.3 is 15.8 Å². The molecule has 0 bridgehead atoms. The van der Waals surface area contributed by atoms with E-state index in [2.05, 4.69) is 15.3 Å². The Hall–Kier alpha value is -1.36. The lowest BCUT2D eigenvalue weighted by molar-refractivity contribution is 0.0699. The van der Waals surface area contributed by atoms with Crippen molar-refractivity contribution in [2.45, 2.75) is 38.5 Å². The molecule has 0 atom stereocenters. The number of nitrogens with one attached hydrogen (secondary N) is 1. The number of ether oxygens (including phenoxy) is 1. The molecule has 1 aromatic heterocycles. The van der Waals surface area contributed by atoms with Crippen LogP contribution in [-0.2, 0) is 4.74 Å². The first-order chi connectivity index (χ1) is 9.24. The summed E-state index contributed by atoms with van der Waals surface area (Å²) in [4.78, 5) is 9.04. The maximum absolute atomic E-state index is 5.98. The molecule has 2 heterocycles. The van der Waals surface area contributed by atoms with E-state index in [1.807, 2.05) is 6.92 Å². The molecule has 3 N–H and O–H groups in total. The quantitative estimate of drug-likeness (QED) is 0.869. The van der Waals surface area contributed by atoms with Crippen LogP contribution in [0.2, 0.25) is 0 Å². The van der Waals surface area contributed by atoms with Crippen LogP contribution in [0.1, 0.15) is 43.0 Å². The molecule has 104 valence electrons. The maximum atomic E-state index is 5.98. The fraction of sp³-hybridized carbons (Fsp3) is 0.714. The van der Waals surface area contributed by atoms with Gasteiger partial charge in [0.05, 0.1) is 0 Å². The van der Waals surface area contributed by atoms with Gasteiger partial charge in [0.1, 0.15) is 17.5 Å². The number of aromatic nitrogens is 2. The van der Waals surface area contributed by atoms with Crippen molar-refractivity contribution in [2.24, 2.45) is 5.92 Å². The van der Waals surface area contributed by atoms with Gasteiger partial charge in [-0.3, -0.25) is 0 Å². The number of nitrogen functional groups attached to an aromatic ring is 1. The molecular weight excluding hydrogens is 240 g/mol. The van der Waals surface area contributed by atoms with Crippen molar-refractivity contribution in [3.8, 4) is 0 Å². The highest BCUT2D eigenvalue weighted by Crippen LogP contribution is 2.39. The SMILES string of the molecule is Cc1c(N)nc(C2CC2)nc1NCC1CCOCC1. The molecule has 1 aliphatic heterocycles. The lowest BCUT2D eigenvalue weighted by Gasteiger charge is -2.23. The van der Waals surface area contributed by atoms with Gasteiger partial charge in [-0.15, -0.1) is 0 Å². The minimum atomic E-state index is 0.534. The average molecular weight is 262 g/mol.